The molecule has 1 atom stereocenters. The molecule has 1 aliphatic heterocycles. The van der Waals surface area contributed by atoms with Crippen LogP contribution in [-0.4, -0.2) is 29.1 Å². The van der Waals surface area contributed by atoms with E-state index in [-0.39, 0.29) is 17.9 Å². The number of H-pyrrole nitrogens is 1. The summed E-state index contributed by atoms with van der Waals surface area (Å²) in [4.78, 5) is 19.3. The molecule has 0 radical (unpaired) electrons. The van der Waals surface area contributed by atoms with E-state index in [4.69, 9.17) is 4.74 Å². The molecule has 2 N–H and O–H groups in total. The highest BCUT2D eigenvalue weighted by Gasteiger charge is 2.24. The van der Waals surface area contributed by atoms with Crippen LogP contribution in [0, 0.1) is 5.92 Å². The van der Waals surface area contributed by atoms with Crippen molar-refractivity contribution in [3.8, 4) is 0 Å². The average molecular weight is 237 g/mol. The van der Waals surface area contributed by atoms with Gasteiger partial charge in [-0.15, -0.1) is 0 Å². The Morgan fingerprint density at radius 2 is 2.41 bits per heavy atom. The topological polar surface area (TPSA) is 67.0 Å². The summed E-state index contributed by atoms with van der Waals surface area (Å²) in [6, 6.07) is -0.0136. The Bertz CT molecular complexity index is 345. The molecule has 0 spiro atoms. The molecule has 1 saturated heterocycles. The molecule has 2 rings (SSSR count). The van der Waals surface area contributed by atoms with Crippen LogP contribution < -0.4 is 5.32 Å². The van der Waals surface area contributed by atoms with Crippen LogP contribution in [0.5, 0.6) is 0 Å². The fraction of sp³-hybridized carbons (Fsp3) is 0.667. The Morgan fingerprint density at radius 1 is 1.65 bits per heavy atom. The second-order valence-electron chi connectivity index (χ2n) is 4.33. The Kier molecular flexibility index (Phi) is 4.14. The Morgan fingerprint density at radius 3 is 3.00 bits per heavy atom. The number of hydrogen-bond donors (Lipinski definition) is 2. The van der Waals surface area contributed by atoms with Gasteiger partial charge < -0.3 is 15.0 Å². The zero-order valence-electron chi connectivity index (χ0n) is 10.1. The van der Waals surface area contributed by atoms with E-state index >= 15 is 0 Å². The summed E-state index contributed by atoms with van der Waals surface area (Å²) in [7, 11) is 0. The number of aromatic nitrogens is 2. The number of hydrogen-bond acceptors (Lipinski definition) is 3. The van der Waals surface area contributed by atoms with E-state index < -0.39 is 0 Å². The lowest BCUT2D eigenvalue weighted by Crippen LogP contribution is -2.36. The highest BCUT2D eigenvalue weighted by Crippen LogP contribution is 2.18. The molecule has 1 aliphatic rings. The van der Waals surface area contributed by atoms with E-state index in [1.807, 2.05) is 6.92 Å². The molecule has 0 bridgehead atoms. The standard InChI is InChI=1S/C12H19N3O2/c1-2-10(11-13-5-6-14-11)15-12(16)9-3-7-17-8-4-9/h5-6,9-10H,2-4,7-8H2,1H3,(H,13,14)(H,15,16). The third kappa shape index (κ3) is 3.06. The van der Waals surface area contributed by atoms with Crippen molar-refractivity contribution in [2.75, 3.05) is 13.2 Å². The van der Waals surface area contributed by atoms with Crippen molar-refractivity contribution in [2.45, 2.75) is 32.2 Å². The maximum Gasteiger partial charge on any atom is 0.223 e. The first-order valence-electron chi connectivity index (χ1n) is 6.18. The summed E-state index contributed by atoms with van der Waals surface area (Å²) in [6.45, 7) is 3.42. The molecule has 5 heteroatoms. The fourth-order valence-corrected chi connectivity index (χ4v) is 2.08. The lowest BCUT2D eigenvalue weighted by atomic mass is 9.99. The van der Waals surface area contributed by atoms with Crippen molar-refractivity contribution in [2.24, 2.45) is 5.92 Å². The number of aromatic amines is 1. The van der Waals surface area contributed by atoms with E-state index in [9.17, 15) is 4.79 Å². The van der Waals surface area contributed by atoms with Gasteiger partial charge in [-0.25, -0.2) is 4.98 Å². The minimum atomic E-state index is -0.0136. The van der Waals surface area contributed by atoms with Gasteiger partial charge in [0.15, 0.2) is 0 Å². The number of ether oxygens (including phenoxy) is 1. The SMILES string of the molecule is CCC(NC(=O)C1CCOCC1)c1ncc[nH]1. The van der Waals surface area contributed by atoms with Gasteiger partial charge in [0.25, 0.3) is 0 Å². The van der Waals surface area contributed by atoms with Crippen LogP contribution in [-0.2, 0) is 9.53 Å². The number of carbonyl (C=O) groups excluding carboxylic acids is 1. The normalized spacial score (nSPS) is 18.9. The molecular weight excluding hydrogens is 218 g/mol. The lowest BCUT2D eigenvalue weighted by molar-refractivity contribution is -0.128. The second-order valence-corrected chi connectivity index (χ2v) is 4.33. The highest BCUT2D eigenvalue weighted by molar-refractivity contribution is 5.79. The zero-order chi connectivity index (χ0) is 12.1. The van der Waals surface area contributed by atoms with Gasteiger partial charge in [0, 0.05) is 31.5 Å². The molecule has 0 saturated carbocycles. The number of nitrogens with zero attached hydrogens (tertiary/aromatic N) is 1. The van der Waals surface area contributed by atoms with Crippen LogP contribution in [0.4, 0.5) is 0 Å². The Balaban J connectivity index is 1.92. The summed E-state index contributed by atoms with van der Waals surface area (Å²) < 4.78 is 5.25. The lowest BCUT2D eigenvalue weighted by Gasteiger charge is -2.23. The monoisotopic (exact) mass is 237 g/mol. The van der Waals surface area contributed by atoms with Crippen LogP contribution >= 0.6 is 0 Å². The Labute approximate surface area is 101 Å². The second kappa shape index (κ2) is 5.82. The van der Waals surface area contributed by atoms with E-state index in [1.54, 1.807) is 12.4 Å². The van der Waals surface area contributed by atoms with Crippen LogP contribution in [0.3, 0.4) is 0 Å². The predicted molar refractivity (Wildman–Crippen MR) is 63.3 cm³/mol. The Hall–Kier alpha value is -1.36. The summed E-state index contributed by atoms with van der Waals surface area (Å²) >= 11 is 0. The number of carbonyl (C=O) groups is 1. The van der Waals surface area contributed by atoms with Crippen molar-refractivity contribution in [3.63, 3.8) is 0 Å². The van der Waals surface area contributed by atoms with Crippen LogP contribution in [0.15, 0.2) is 12.4 Å². The largest absolute Gasteiger partial charge is 0.381 e. The molecule has 2 heterocycles. The van der Waals surface area contributed by atoms with Gasteiger partial charge in [0.1, 0.15) is 5.82 Å². The molecule has 5 nitrogen and oxygen atoms in total. The molecule has 1 amide bonds. The number of amides is 1. The minimum absolute atomic E-state index is 0.0136. The van der Waals surface area contributed by atoms with Crippen LogP contribution in [0.2, 0.25) is 0 Å². The zero-order valence-corrected chi connectivity index (χ0v) is 10.1. The van der Waals surface area contributed by atoms with Gasteiger partial charge >= 0.3 is 0 Å². The van der Waals surface area contributed by atoms with Crippen molar-refractivity contribution in [1.29, 1.82) is 0 Å². The molecule has 1 unspecified atom stereocenters. The van der Waals surface area contributed by atoms with Gasteiger partial charge in [0.05, 0.1) is 6.04 Å². The van der Waals surface area contributed by atoms with Gasteiger partial charge in [-0.2, -0.15) is 0 Å². The first-order valence-corrected chi connectivity index (χ1v) is 6.18. The first-order chi connectivity index (χ1) is 8.31. The third-order valence-corrected chi connectivity index (χ3v) is 3.17. The quantitative estimate of drug-likeness (QED) is 0.832. The van der Waals surface area contributed by atoms with Gasteiger partial charge in [-0.05, 0) is 19.3 Å². The maximum atomic E-state index is 12.1. The number of imidazole rings is 1. The molecule has 94 valence electrons. The van der Waals surface area contributed by atoms with E-state index in [0.29, 0.717) is 13.2 Å². The van der Waals surface area contributed by atoms with Crippen molar-refractivity contribution in [3.05, 3.63) is 18.2 Å². The van der Waals surface area contributed by atoms with E-state index in [2.05, 4.69) is 15.3 Å². The molecule has 0 aliphatic carbocycles. The molecule has 1 fully saturated rings. The third-order valence-electron chi connectivity index (χ3n) is 3.17. The predicted octanol–water partition coefficient (Wildman–Crippen LogP) is 1.40. The summed E-state index contributed by atoms with van der Waals surface area (Å²) in [5.41, 5.74) is 0. The summed E-state index contributed by atoms with van der Waals surface area (Å²) in [5, 5.41) is 3.05. The molecule has 17 heavy (non-hydrogen) atoms. The summed E-state index contributed by atoms with van der Waals surface area (Å²) in [5.74, 6) is 1.04. The minimum Gasteiger partial charge on any atom is -0.381 e. The van der Waals surface area contributed by atoms with Crippen molar-refractivity contribution in [1.82, 2.24) is 15.3 Å². The number of nitrogens with one attached hydrogen (secondary N) is 2. The molecule has 0 aromatic carbocycles. The van der Waals surface area contributed by atoms with E-state index in [1.165, 1.54) is 0 Å². The van der Waals surface area contributed by atoms with Gasteiger partial charge in [-0.1, -0.05) is 6.92 Å². The smallest absolute Gasteiger partial charge is 0.223 e. The molecule has 1 aromatic rings. The van der Waals surface area contributed by atoms with Crippen LogP contribution in [0.1, 0.15) is 38.1 Å². The van der Waals surface area contributed by atoms with Gasteiger partial charge in [-0.3, -0.25) is 4.79 Å². The molecular formula is C12H19N3O2. The first kappa shape index (κ1) is 12.1. The van der Waals surface area contributed by atoms with Gasteiger partial charge in [0.2, 0.25) is 5.91 Å². The highest BCUT2D eigenvalue weighted by atomic mass is 16.5. The average Bonchev–Trinajstić information content (AvgIpc) is 2.90. The maximum absolute atomic E-state index is 12.1. The molecule has 1 aromatic heterocycles. The number of rotatable bonds is 4. The van der Waals surface area contributed by atoms with Crippen LogP contribution in [0.25, 0.3) is 0 Å². The fourth-order valence-electron chi connectivity index (χ4n) is 2.08. The van der Waals surface area contributed by atoms with Crippen molar-refractivity contribution >= 4 is 5.91 Å². The summed E-state index contributed by atoms with van der Waals surface area (Å²) in [6.07, 6.45) is 5.96. The van der Waals surface area contributed by atoms with E-state index in [0.717, 1.165) is 25.1 Å². The van der Waals surface area contributed by atoms with Crippen molar-refractivity contribution < 1.29 is 9.53 Å².